The summed E-state index contributed by atoms with van der Waals surface area (Å²) in [7, 11) is 0. The van der Waals surface area contributed by atoms with Crippen LogP contribution in [0, 0.1) is 0 Å². The van der Waals surface area contributed by atoms with Crippen molar-refractivity contribution in [1.82, 2.24) is 19.6 Å². The van der Waals surface area contributed by atoms with Gasteiger partial charge < -0.3 is 19.9 Å². The number of carbonyl (C=O) groups is 2. The average molecular weight is 404 g/mol. The lowest BCUT2D eigenvalue weighted by atomic mass is 10.1. The Morgan fingerprint density at radius 1 is 1.29 bits per heavy atom. The largest absolute Gasteiger partial charge is 0.465 e. The third kappa shape index (κ3) is 5.19. The van der Waals surface area contributed by atoms with Crippen molar-refractivity contribution in [3.63, 3.8) is 0 Å². The average Bonchev–Trinajstić information content (AvgIpc) is 3.15. The number of hydrogen-bond donors (Lipinski definition) is 1. The second-order valence-corrected chi connectivity index (χ2v) is 7.34. The summed E-state index contributed by atoms with van der Waals surface area (Å²) in [6.07, 6.45) is 0.711. The molecule has 0 aliphatic carbocycles. The Hall–Kier alpha value is -2.68. The number of rotatable bonds is 6. The van der Waals surface area contributed by atoms with Gasteiger partial charge in [-0.05, 0) is 19.4 Å². The molecule has 0 bridgehead atoms. The molecule has 1 unspecified atom stereocenters. The van der Waals surface area contributed by atoms with E-state index < -0.39 is 5.97 Å². The minimum absolute atomic E-state index is 0.00239. The van der Waals surface area contributed by atoms with Crippen LogP contribution in [0.4, 0.5) is 9.93 Å². The molecule has 1 aliphatic heterocycles. The molecule has 3 rings (SSSR count). The van der Waals surface area contributed by atoms with Crippen LogP contribution >= 0.6 is 11.5 Å². The summed E-state index contributed by atoms with van der Waals surface area (Å²) in [6.45, 7) is 5.83. The van der Waals surface area contributed by atoms with Gasteiger partial charge in [-0.3, -0.25) is 4.79 Å². The minimum Gasteiger partial charge on any atom is -0.465 e. The molecule has 0 saturated carbocycles. The third-order valence-electron chi connectivity index (χ3n) is 4.51. The summed E-state index contributed by atoms with van der Waals surface area (Å²) < 4.78 is 9.31. The maximum atomic E-state index is 12.3. The van der Waals surface area contributed by atoms with Crippen LogP contribution in [0.25, 0.3) is 0 Å². The summed E-state index contributed by atoms with van der Waals surface area (Å²) in [5, 5.41) is 3.50. The first-order chi connectivity index (χ1) is 13.6. The molecule has 8 nitrogen and oxygen atoms in total. The van der Waals surface area contributed by atoms with Crippen molar-refractivity contribution in [3.05, 3.63) is 41.7 Å². The SMILES string of the molecule is CCOC(=O)CNC(=O)N1CCN(c2nc(Cc3ccccc3)ns2)CC1C. The van der Waals surface area contributed by atoms with Gasteiger partial charge in [0.05, 0.1) is 6.61 Å². The predicted octanol–water partition coefficient (Wildman–Crippen LogP) is 1.91. The van der Waals surface area contributed by atoms with Gasteiger partial charge in [0.15, 0.2) is 0 Å². The zero-order valence-electron chi connectivity index (χ0n) is 16.1. The lowest BCUT2D eigenvalue weighted by molar-refractivity contribution is -0.141. The fourth-order valence-corrected chi connectivity index (χ4v) is 3.84. The van der Waals surface area contributed by atoms with Gasteiger partial charge in [0, 0.05) is 43.6 Å². The summed E-state index contributed by atoms with van der Waals surface area (Å²) >= 11 is 1.39. The van der Waals surface area contributed by atoms with Gasteiger partial charge in [-0.25, -0.2) is 9.78 Å². The molecule has 1 saturated heterocycles. The number of hydrogen-bond acceptors (Lipinski definition) is 7. The monoisotopic (exact) mass is 403 g/mol. The Labute approximate surface area is 168 Å². The van der Waals surface area contributed by atoms with Crippen LogP contribution in [0.3, 0.4) is 0 Å². The Bertz CT molecular complexity index is 798. The fourth-order valence-electron chi connectivity index (χ4n) is 3.12. The summed E-state index contributed by atoms with van der Waals surface area (Å²) in [5.74, 6) is 0.385. The van der Waals surface area contributed by atoms with E-state index in [0.29, 0.717) is 32.7 Å². The quantitative estimate of drug-likeness (QED) is 0.742. The van der Waals surface area contributed by atoms with Crippen LogP contribution in [-0.4, -0.2) is 65.1 Å². The van der Waals surface area contributed by atoms with Crippen LogP contribution in [0.1, 0.15) is 25.2 Å². The number of esters is 1. The normalized spacial score (nSPS) is 16.7. The van der Waals surface area contributed by atoms with Gasteiger partial charge in [-0.1, -0.05) is 30.3 Å². The number of ether oxygens (including phenoxy) is 1. The van der Waals surface area contributed by atoms with E-state index in [1.807, 2.05) is 25.1 Å². The molecule has 1 N–H and O–H groups in total. The summed E-state index contributed by atoms with van der Waals surface area (Å²) in [6, 6.07) is 9.90. The molecule has 0 spiro atoms. The lowest BCUT2D eigenvalue weighted by Crippen LogP contribution is -2.57. The molecular formula is C19H25N5O3S. The van der Waals surface area contributed by atoms with Crippen molar-refractivity contribution in [2.45, 2.75) is 26.3 Å². The molecule has 1 aromatic heterocycles. The highest BCUT2D eigenvalue weighted by Gasteiger charge is 2.29. The van der Waals surface area contributed by atoms with E-state index in [1.165, 1.54) is 17.1 Å². The first kappa shape index (κ1) is 20.1. The van der Waals surface area contributed by atoms with E-state index in [2.05, 4.69) is 31.7 Å². The number of anilines is 1. The fraction of sp³-hybridized carbons (Fsp3) is 0.474. The van der Waals surface area contributed by atoms with Crippen LogP contribution < -0.4 is 10.2 Å². The highest BCUT2D eigenvalue weighted by Crippen LogP contribution is 2.22. The van der Waals surface area contributed by atoms with E-state index in [1.54, 1.807) is 11.8 Å². The molecule has 9 heteroatoms. The molecule has 1 atom stereocenters. The maximum absolute atomic E-state index is 12.3. The van der Waals surface area contributed by atoms with E-state index in [0.717, 1.165) is 11.0 Å². The van der Waals surface area contributed by atoms with Crippen LogP contribution in [0.2, 0.25) is 0 Å². The second-order valence-electron chi connectivity index (χ2n) is 6.61. The Kier molecular flexibility index (Phi) is 6.80. The topological polar surface area (TPSA) is 87.7 Å². The minimum atomic E-state index is -0.429. The van der Waals surface area contributed by atoms with Crippen molar-refractivity contribution in [2.75, 3.05) is 37.7 Å². The summed E-state index contributed by atoms with van der Waals surface area (Å²) in [5.41, 5.74) is 1.18. The van der Waals surface area contributed by atoms with Crippen LogP contribution in [0.15, 0.2) is 30.3 Å². The highest BCUT2D eigenvalue weighted by atomic mass is 32.1. The van der Waals surface area contributed by atoms with Crippen LogP contribution in [0.5, 0.6) is 0 Å². The van der Waals surface area contributed by atoms with Gasteiger partial charge in [0.1, 0.15) is 12.4 Å². The molecule has 0 radical (unpaired) electrons. The number of nitrogens with zero attached hydrogens (tertiary/aromatic N) is 4. The highest BCUT2D eigenvalue weighted by molar-refractivity contribution is 7.09. The van der Waals surface area contributed by atoms with Gasteiger partial charge in [-0.2, -0.15) is 4.37 Å². The number of urea groups is 1. The number of aromatic nitrogens is 2. The standard InChI is InChI=1S/C19H25N5O3S/c1-3-27-17(25)12-20-18(26)24-10-9-23(13-14(24)2)19-21-16(22-28-19)11-15-7-5-4-6-8-15/h4-8,14H,3,9-13H2,1-2H3,(H,20,26). The maximum Gasteiger partial charge on any atom is 0.325 e. The van der Waals surface area contributed by atoms with Gasteiger partial charge in [-0.15, -0.1) is 0 Å². The van der Waals surface area contributed by atoms with E-state index in [9.17, 15) is 9.59 Å². The van der Waals surface area contributed by atoms with Crippen LogP contribution in [-0.2, 0) is 16.0 Å². The first-order valence-corrected chi connectivity index (χ1v) is 10.2. The first-order valence-electron chi connectivity index (χ1n) is 9.38. The lowest BCUT2D eigenvalue weighted by Gasteiger charge is -2.39. The van der Waals surface area contributed by atoms with Gasteiger partial charge in [0.25, 0.3) is 0 Å². The van der Waals surface area contributed by atoms with Gasteiger partial charge >= 0.3 is 12.0 Å². The molecule has 28 heavy (non-hydrogen) atoms. The molecule has 1 fully saturated rings. The molecule has 150 valence electrons. The van der Waals surface area contributed by atoms with Crippen molar-refractivity contribution < 1.29 is 14.3 Å². The number of benzene rings is 1. The molecule has 2 aromatic rings. The third-order valence-corrected chi connectivity index (χ3v) is 5.33. The van der Waals surface area contributed by atoms with Crippen molar-refractivity contribution >= 4 is 28.7 Å². The molecule has 2 heterocycles. The molecule has 1 aliphatic rings. The summed E-state index contributed by atoms with van der Waals surface area (Å²) in [4.78, 5) is 32.3. The Morgan fingerprint density at radius 3 is 2.79 bits per heavy atom. The number of nitrogens with one attached hydrogen (secondary N) is 1. The van der Waals surface area contributed by atoms with E-state index >= 15 is 0 Å². The Balaban J connectivity index is 1.52. The molecule has 2 amide bonds. The molecular weight excluding hydrogens is 378 g/mol. The van der Waals surface area contributed by atoms with Crippen molar-refractivity contribution in [3.8, 4) is 0 Å². The van der Waals surface area contributed by atoms with E-state index in [-0.39, 0.29) is 18.6 Å². The van der Waals surface area contributed by atoms with Crippen molar-refractivity contribution in [2.24, 2.45) is 0 Å². The predicted molar refractivity (Wildman–Crippen MR) is 108 cm³/mol. The smallest absolute Gasteiger partial charge is 0.325 e. The van der Waals surface area contributed by atoms with Crippen molar-refractivity contribution in [1.29, 1.82) is 0 Å². The number of carbonyl (C=O) groups excluding carboxylic acids is 2. The molecule has 1 aromatic carbocycles. The number of amides is 2. The zero-order valence-corrected chi connectivity index (χ0v) is 16.9. The Morgan fingerprint density at radius 2 is 2.07 bits per heavy atom. The zero-order chi connectivity index (χ0) is 19.9. The van der Waals surface area contributed by atoms with Gasteiger partial charge in [0.2, 0.25) is 5.13 Å². The number of piperazine rings is 1. The second kappa shape index (κ2) is 9.50. The van der Waals surface area contributed by atoms with E-state index in [4.69, 9.17) is 4.74 Å².